The summed E-state index contributed by atoms with van der Waals surface area (Å²) in [6.07, 6.45) is 3.53. The molecule has 2 amide bonds. The molecule has 0 aliphatic carbocycles. The number of carbonyl (C=O) groups is 3. The summed E-state index contributed by atoms with van der Waals surface area (Å²) in [6, 6.07) is -0.610. The first-order chi connectivity index (χ1) is 12.1. The van der Waals surface area contributed by atoms with Gasteiger partial charge in [-0.05, 0) is 40.5 Å². The lowest BCUT2D eigenvalue weighted by Crippen LogP contribution is -2.42. The number of nitrogens with one attached hydrogen (secondary N) is 1. The Morgan fingerprint density at radius 2 is 1.92 bits per heavy atom. The van der Waals surface area contributed by atoms with Gasteiger partial charge in [-0.2, -0.15) is 0 Å². The van der Waals surface area contributed by atoms with Crippen LogP contribution in [-0.2, 0) is 9.53 Å². The Bertz CT molecular complexity index is 741. The Kier molecular flexibility index (Phi) is 4.46. The van der Waals surface area contributed by atoms with Crippen molar-refractivity contribution in [3.63, 3.8) is 0 Å². The normalized spacial score (nSPS) is 25.5. The van der Waals surface area contributed by atoms with E-state index in [-0.39, 0.29) is 11.7 Å². The highest BCUT2D eigenvalue weighted by molar-refractivity contribution is 5.93. The van der Waals surface area contributed by atoms with Gasteiger partial charge in [-0.15, -0.1) is 0 Å². The lowest BCUT2D eigenvalue weighted by Gasteiger charge is -2.33. The molecule has 2 aliphatic heterocycles. The molecule has 2 atom stereocenters. The molecule has 0 radical (unpaired) electrons. The first kappa shape index (κ1) is 18.3. The molecule has 1 aromatic heterocycles. The van der Waals surface area contributed by atoms with E-state index >= 15 is 0 Å². The van der Waals surface area contributed by atoms with E-state index in [4.69, 9.17) is 4.74 Å². The summed E-state index contributed by atoms with van der Waals surface area (Å²) >= 11 is 0. The second-order valence-corrected chi connectivity index (χ2v) is 7.87. The topological polar surface area (TPSA) is 101 Å². The van der Waals surface area contributed by atoms with Crippen molar-refractivity contribution in [1.82, 2.24) is 20.2 Å². The molecule has 1 spiro atoms. The van der Waals surface area contributed by atoms with Crippen LogP contribution in [0.4, 0.5) is 4.79 Å². The second kappa shape index (κ2) is 6.34. The molecule has 3 rings (SSSR count). The fourth-order valence-electron chi connectivity index (χ4n) is 3.64. The summed E-state index contributed by atoms with van der Waals surface area (Å²) in [6.45, 7) is 7.78. The highest BCUT2D eigenvalue weighted by Crippen LogP contribution is 2.50. The third-order valence-corrected chi connectivity index (χ3v) is 4.89. The summed E-state index contributed by atoms with van der Waals surface area (Å²) in [4.78, 5) is 47.0. The fourth-order valence-corrected chi connectivity index (χ4v) is 3.64. The van der Waals surface area contributed by atoms with E-state index in [2.05, 4.69) is 15.3 Å². The highest BCUT2D eigenvalue weighted by Gasteiger charge is 2.58. The third kappa shape index (κ3) is 3.15. The van der Waals surface area contributed by atoms with Crippen LogP contribution in [0.2, 0.25) is 0 Å². The smallest absolute Gasteiger partial charge is 0.410 e. The van der Waals surface area contributed by atoms with Gasteiger partial charge in [-0.3, -0.25) is 14.5 Å². The van der Waals surface area contributed by atoms with E-state index in [1.165, 1.54) is 19.3 Å². The number of amides is 2. The number of nitrogens with zero attached hydrogens (tertiary/aromatic N) is 3. The van der Waals surface area contributed by atoms with Gasteiger partial charge in [-0.1, -0.05) is 0 Å². The standard InChI is InChI=1S/C18H24N4O4/c1-11(23)12-9-20-14(21-10-12)13-18(5-7-19-15(18)24)6-8-22(13)16(25)26-17(2,3)4/h9-10,13H,5-8H2,1-4H3,(H,19,24). The van der Waals surface area contributed by atoms with Crippen LogP contribution in [-0.4, -0.2) is 51.3 Å². The Morgan fingerprint density at radius 3 is 2.42 bits per heavy atom. The first-order valence-corrected chi connectivity index (χ1v) is 8.75. The largest absolute Gasteiger partial charge is 0.444 e. The van der Waals surface area contributed by atoms with Gasteiger partial charge in [0, 0.05) is 25.5 Å². The molecule has 0 aromatic carbocycles. The van der Waals surface area contributed by atoms with Crippen LogP contribution in [0.25, 0.3) is 0 Å². The van der Waals surface area contributed by atoms with Crippen LogP contribution in [0.1, 0.15) is 62.8 Å². The lowest BCUT2D eigenvalue weighted by molar-refractivity contribution is -0.129. The molecule has 8 nitrogen and oxygen atoms in total. The Balaban J connectivity index is 1.99. The minimum absolute atomic E-state index is 0.0900. The Hall–Kier alpha value is -2.51. The molecule has 0 bridgehead atoms. The van der Waals surface area contributed by atoms with Crippen molar-refractivity contribution in [2.45, 2.75) is 52.2 Å². The zero-order valence-corrected chi connectivity index (χ0v) is 15.5. The van der Waals surface area contributed by atoms with Gasteiger partial charge in [0.15, 0.2) is 11.6 Å². The predicted octanol–water partition coefficient (Wildman–Crippen LogP) is 1.87. The van der Waals surface area contributed by atoms with Gasteiger partial charge in [0.25, 0.3) is 0 Å². The van der Waals surface area contributed by atoms with Crippen LogP contribution in [0.3, 0.4) is 0 Å². The molecule has 1 N–H and O–H groups in total. The number of carbonyl (C=O) groups excluding carboxylic acids is 3. The summed E-state index contributed by atoms with van der Waals surface area (Å²) in [7, 11) is 0. The van der Waals surface area contributed by atoms with Crippen LogP contribution >= 0.6 is 0 Å². The Labute approximate surface area is 152 Å². The van der Waals surface area contributed by atoms with Gasteiger partial charge in [0.05, 0.1) is 11.0 Å². The van der Waals surface area contributed by atoms with Gasteiger partial charge < -0.3 is 10.1 Å². The van der Waals surface area contributed by atoms with Gasteiger partial charge in [-0.25, -0.2) is 14.8 Å². The molecule has 1 aromatic rings. The molecule has 2 fully saturated rings. The number of likely N-dealkylation sites (tertiary alicyclic amines) is 1. The van der Waals surface area contributed by atoms with Crippen LogP contribution < -0.4 is 5.32 Å². The van der Waals surface area contributed by atoms with E-state index in [0.717, 1.165) is 0 Å². The van der Waals surface area contributed by atoms with E-state index in [1.54, 1.807) is 25.7 Å². The number of ether oxygens (including phenoxy) is 1. The third-order valence-electron chi connectivity index (χ3n) is 4.89. The number of rotatable bonds is 2. The average molecular weight is 360 g/mol. The van der Waals surface area contributed by atoms with Gasteiger partial charge in [0.2, 0.25) is 5.91 Å². The molecule has 3 heterocycles. The maximum Gasteiger partial charge on any atom is 0.410 e. The molecule has 0 saturated carbocycles. The second-order valence-electron chi connectivity index (χ2n) is 7.87. The van der Waals surface area contributed by atoms with Crippen molar-refractivity contribution in [2.24, 2.45) is 5.41 Å². The summed E-state index contributed by atoms with van der Waals surface area (Å²) in [5.41, 5.74) is -1.01. The molecule has 2 unspecified atom stereocenters. The zero-order chi connectivity index (χ0) is 19.1. The molecular formula is C18H24N4O4. The monoisotopic (exact) mass is 360 g/mol. The quantitative estimate of drug-likeness (QED) is 0.808. The molecule has 26 heavy (non-hydrogen) atoms. The maximum atomic E-state index is 12.7. The van der Waals surface area contributed by atoms with E-state index in [0.29, 0.717) is 37.3 Å². The van der Waals surface area contributed by atoms with Gasteiger partial charge >= 0.3 is 6.09 Å². The number of hydrogen-bond donors (Lipinski definition) is 1. The van der Waals surface area contributed by atoms with Crippen LogP contribution in [0, 0.1) is 5.41 Å². The maximum absolute atomic E-state index is 12.7. The van der Waals surface area contributed by atoms with Crippen molar-refractivity contribution in [3.8, 4) is 0 Å². The summed E-state index contributed by atoms with van der Waals surface area (Å²) in [5, 5.41) is 2.86. The SMILES string of the molecule is CC(=O)c1cnc(C2N(C(=O)OC(C)(C)C)CCC23CCNC3=O)nc1. The van der Waals surface area contributed by atoms with Crippen molar-refractivity contribution >= 4 is 17.8 Å². The van der Waals surface area contributed by atoms with Crippen molar-refractivity contribution < 1.29 is 19.1 Å². The average Bonchev–Trinajstić information content (AvgIpc) is 3.11. The number of Topliss-reactive ketones (excluding diaryl/α,β-unsaturated/α-hetero) is 1. The number of aromatic nitrogens is 2. The molecule has 2 aliphatic rings. The van der Waals surface area contributed by atoms with E-state index in [9.17, 15) is 14.4 Å². The van der Waals surface area contributed by atoms with Crippen molar-refractivity contribution in [3.05, 3.63) is 23.8 Å². The predicted molar refractivity (Wildman–Crippen MR) is 92.4 cm³/mol. The molecular weight excluding hydrogens is 336 g/mol. The molecule has 8 heteroatoms. The molecule has 2 saturated heterocycles. The van der Waals surface area contributed by atoms with Crippen LogP contribution in [0.15, 0.2) is 12.4 Å². The number of hydrogen-bond acceptors (Lipinski definition) is 6. The summed E-state index contributed by atoms with van der Waals surface area (Å²) in [5.74, 6) is 0.128. The van der Waals surface area contributed by atoms with E-state index in [1.807, 2.05) is 0 Å². The van der Waals surface area contributed by atoms with Crippen molar-refractivity contribution in [1.29, 1.82) is 0 Å². The fraction of sp³-hybridized carbons (Fsp3) is 0.611. The van der Waals surface area contributed by atoms with Crippen molar-refractivity contribution in [2.75, 3.05) is 13.1 Å². The minimum atomic E-state index is -0.755. The first-order valence-electron chi connectivity index (χ1n) is 8.75. The zero-order valence-electron chi connectivity index (χ0n) is 15.5. The Morgan fingerprint density at radius 1 is 1.27 bits per heavy atom. The summed E-state index contributed by atoms with van der Waals surface area (Å²) < 4.78 is 5.52. The lowest BCUT2D eigenvalue weighted by atomic mass is 9.78. The molecule has 140 valence electrons. The number of ketones is 1. The minimum Gasteiger partial charge on any atom is -0.444 e. The van der Waals surface area contributed by atoms with Crippen LogP contribution in [0.5, 0.6) is 0 Å². The van der Waals surface area contributed by atoms with E-state index < -0.39 is 23.2 Å². The van der Waals surface area contributed by atoms with Gasteiger partial charge in [0.1, 0.15) is 11.6 Å². The highest BCUT2D eigenvalue weighted by atomic mass is 16.6.